The summed E-state index contributed by atoms with van der Waals surface area (Å²) in [4.78, 5) is 12.5. The van der Waals surface area contributed by atoms with Crippen LogP contribution >= 0.6 is 22.6 Å². The maximum absolute atomic E-state index is 13.2. The van der Waals surface area contributed by atoms with Crippen LogP contribution in [-0.4, -0.2) is 14.4 Å². The third kappa shape index (κ3) is 4.45. The summed E-state index contributed by atoms with van der Waals surface area (Å²) in [6, 6.07) is 25.1. The third-order valence-electron chi connectivity index (χ3n) is 3.69. The van der Waals surface area contributed by atoms with Gasteiger partial charge in [-0.05, 0) is 52.4 Å². The number of hydrogen-bond acceptors (Lipinski definition) is 4. The Labute approximate surface area is 171 Å². The number of ether oxygens (including phenoxy) is 1. The first kappa shape index (κ1) is 19.3. The predicted molar refractivity (Wildman–Crippen MR) is 113 cm³/mol. The van der Waals surface area contributed by atoms with Crippen molar-refractivity contribution in [3.8, 4) is 5.75 Å². The minimum Gasteiger partial charge on any atom is -0.422 e. The summed E-state index contributed by atoms with van der Waals surface area (Å²) >= 11 is 1.88. The smallest absolute Gasteiger partial charge is 0.356 e. The van der Waals surface area contributed by atoms with Gasteiger partial charge in [0.15, 0.2) is 4.91 Å². The second-order valence-corrected chi connectivity index (χ2v) is 8.49. The number of esters is 1. The summed E-state index contributed by atoms with van der Waals surface area (Å²) in [6.07, 6.45) is 0. The van der Waals surface area contributed by atoms with Crippen LogP contribution in [-0.2, 0) is 14.6 Å². The molecule has 0 unspecified atom stereocenters. The number of para-hydroxylation sites is 1. The third-order valence-corrected chi connectivity index (χ3v) is 7.02. The number of carbonyl (C=O) groups excluding carboxylic acids is 1. The molecule has 0 aromatic heterocycles. The number of halogens is 1. The monoisotopic (exact) mass is 490 g/mol. The van der Waals surface area contributed by atoms with Gasteiger partial charge < -0.3 is 4.74 Å². The molecule has 0 aliphatic carbocycles. The van der Waals surface area contributed by atoms with E-state index in [4.69, 9.17) is 4.74 Å². The summed E-state index contributed by atoms with van der Waals surface area (Å²) < 4.78 is 32.1. The Morgan fingerprint density at radius 3 is 1.78 bits per heavy atom. The van der Waals surface area contributed by atoms with E-state index in [2.05, 4.69) is 0 Å². The van der Waals surface area contributed by atoms with Crippen molar-refractivity contribution in [3.63, 3.8) is 0 Å². The lowest BCUT2D eigenvalue weighted by Gasteiger charge is -2.12. The number of carbonyl (C=O) groups is 1. The van der Waals surface area contributed by atoms with Crippen molar-refractivity contribution in [3.05, 3.63) is 101 Å². The van der Waals surface area contributed by atoms with E-state index in [-0.39, 0.29) is 15.6 Å². The quantitative estimate of drug-likeness (QED) is 0.222. The largest absolute Gasteiger partial charge is 0.422 e. The molecule has 0 fully saturated rings. The molecule has 0 spiro atoms. The van der Waals surface area contributed by atoms with E-state index in [0.717, 1.165) is 0 Å². The van der Waals surface area contributed by atoms with Crippen molar-refractivity contribution in [2.24, 2.45) is 0 Å². The molecule has 0 aliphatic rings. The van der Waals surface area contributed by atoms with Crippen molar-refractivity contribution in [2.45, 2.75) is 4.90 Å². The summed E-state index contributed by atoms with van der Waals surface area (Å²) in [5, 5.41) is 0. The van der Waals surface area contributed by atoms with Gasteiger partial charge in [0.25, 0.3) is 0 Å². The molecule has 27 heavy (non-hydrogen) atoms. The zero-order chi connectivity index (χ0) is 19.3. The zero-order valence-corrected chi connectivity index (χ0v) is 17.1. The van der Waals surface area contributed by atoms with Crippen molar-refractivity contribution in [1.82, 2.24) is 0 Å². The molecule has 0 saturated carbocycles. The average Bonchev–Trinajstić information content (AvgIpc) is 2.70. The Hall–Kier alpha value is -2.45. The Bertz CT molecular complexity index is 1060. The first-order chi connectivity index (χ1) is 13.0. The Morgan fingerprint density at radius 2 is 1.22 bits per heavy atom. The van der Waals surface area contributed by atoms with E-state index < -0.39 is 15.8 Å². The normalized spacial score (nSPS) is 12.2. The van der Waals surface area contributed by atoms with Crippen molar-refractivity contribution >= 4 is 42.0 Å². The van der Waals surface area contributed by atoms with Crippen molar-refractivity contribution in [1.29, 1.82) is 0 Å². The first-order valence-electron chi connectivity index (χ1n) is 8.02. The van der Waals surface area contributed by atoms with Gasteiger partial charge in [-0.2, -0.15) is 0 Å². The average molecular weight is 490 g/mol. The van der Waals surface area contributed by atoms with Crippen LogP contribution in [0, 0.1) is 0 Å². The van der Waals surface area contributed by atoms with Crippen LogP contribution in [0.4, 0.5) is 0 Å². The van der Waals surface area contributed by atoms with Crippen molar-refractivity contribution in [2.75, 3.05) is 0 Å². The fourth-order valence-electron chi connectivity index (χ4n) is 2.39. The van der Waals surface area contributed by atoms with Gasteiger partial charge in [0.2, 0.25) is 9.84 Å². The van der Waals surface area contributed by atoms with E-state index in [1.807, 2.05) is 28.7 Å². The van der Waals surface area contributed by atoms with Gasteiger partial charge in [-0.3, -0.25) is 0 Å². The van der Waals surface area contributed by atoms with Crippen LogP contribution in [0.2, 0.25) is 0 Å². The Balaban J connectivity index is 2.14. The molecule has 0 atom stereocenters. The SMILES string of the molecule is O=C(Oc1ccccc1)/C(=C(\I)c1ccccc1)S(=O)(=O)c1ccccc1. The topological polar surface area (TPSA) is 60.4 Å². The highest BCUT2D eigenvalue weighted by molar-refractivity contribution is 14.1. The van der Waals surface area contributed by atoms with E-state index >= 15 is 0 Å². The maximum Gasteiger partial charge on any atom is 0.356 e. The first-order valence-corrected chi connectivity index (χ1v) is 10.6. The molecule has 3 rings (SSSR count). The number of benzene rings is 3. The summed E-state index contributed by atoms with van der Waals surface area (Å²) in [5.41, 5.74) is 0.623. The number of sulfone groups is 1. The molecule has 6 heteroatoms. The van der Waals surface area contributed by atoms with Crippen LogP contribution in [0.3, 0.4) is 0 Å². The number of rotatable bonds is 5. The molecule has 3 aromatic rings. The molecule has 0 radical (unpaired) electrons. The van der Waals surface area contributed by atoms with Crippen LogP contribution in [0.5, 0.6) is 5.75 Å². The second-order valence-electron chi connectivity index (χ2n) is 5.53. The molecule has 0 bridgehead atoms. The molecule has 0 N–H and O–H groups in total. The standard InChI is InChI=1S/C21H15IO4S/c22-19(16-10-4-1-5-11-16)20(21(23)26-17-12-6-2-7-13-17)27(24,25)18-14-8-3-9-15-18/h1-15H/b20-19+. The molecule has 136 valence electrons. The summed E-state index contributed by atoms with van der Waals surface area (Å²) in [6.45, 7) is 0. The molecular formula is C21H15IO4S. The van der Waals surface area contributed by atoms with E-state index in [0.29, 0.717) is 9.14 Å². The molecule has 0 saturated heterocycles. The molecule has 0 heterocycles. The van der Waals surface area contributed by atoms with Gasteiger partial charge in [0, 0.05) is 3.58 Å². The van der Waals surface area contributed by atoms with E-state index in [1.165, 1.54) is 12.1 Å². The van der Waals surface area contributed by atoms with E-state index in [1.54, 1.807) is 72.8 Å². The van der Waals surface area contributed by atoms with E-state index in [9.17, 15) is 13.2 Å². The highest BCUT2D eigenvalue weighted by Gasteiger charge is 2.32. The van der Waals surface area contributed by atoms with Gasteiger partial charge in [-0.25, -0.2) is 13.2 Å². The molecular weight excluding hydrogens is 475 g/mol. The van der Waals surface area contributed by atoms with Crippen LogP contribution in [0.1, 0.15) is 5.56 Å². The fourth-order valence-corrected chi connectivity index (χ4v) is 5.21. The summed E-state index contributed by atoms with van der Waals surface area (Å²) in [7, 11) is -4.07. The number of hydrogen-bond donors (Lipinski definition) is 0. The zero-order valence-electron chi connectivity index (χ0n) is 14.1. The summed E-state index contributed by atoms with van der Waals surface area (Å²) in [5.74, 6) is -0.640. The molecule has 0 amide bonds. The second kappa shape index (κ2) is 8.49. The Morgan fingerprint density at radius 1 is 0.741 bits per heavy atom. The highest BCUT2D eigenvalue weighted by atomic mass is 127. The predicted octanol–water partition coefficient (Wildman–Crippen LogP) is 4.87. The van der Waals surface area contributed by atoms with Gasteiger partial charge >= 0.3 is 5.97 Å². The van der Waals surface area contributed by atoms with Crippen LogP contribution in [0.15, 0.2) is 101 Å². The minimum atomic E-state index is -4.07. The fraction of sp³-hybridized carbons (Fsp3) is 0. The maximum atomic E-state index is 13.2. The van der Waals surface area contributed by atoms with Crippen molar-refractivity contribution < 1.29 is 17.9 Å². The highest BCUT2D eigenvalue weighted by Crippen LogP contribution is 2.33. The van der Waals surface area contributed by atoms with Gasteiger partial charge in [0.05, 0.1) is 4.90 Å². The van der Waals surface area contributed by atoms with Crippen LogP contribution in [0.25, 0.3) is 3.58 Å². The molecule has 4 nitrogen and oxygen atoms in total. The van der Waals surface area contributed by atoms with Crippen LogP contribution < -0.4 is 4.74 Å². The Kier molecular flexibility index (Phi) is 6.08. The van der Waals surface area contributed by atoms with Gasteiger partial charge in [-0.1, -0.05) is 66.7 Å². The lowest BCUT2D eigenvalue weighted by Crippen LogP contribution is -2.20. The molecule has 0 aliphatic heterocycles. The lowest BCUT2D eigenvalue weighted by molar-refractivity contribution is -0.129. The molecule has 3 aromatic carbocycles. The van der Waals surface area contributed by atoms with Gasteiger partial charge in [-0.15, -0.1) is 0 Å². The van der Waals surface area contributed by atoms with Gasteiger partial charge in [0.1, 0.15) is 5.75 Å². The lowest BCUT2D eigenvalue weighted by atomic mass is 10.2. The minimum absolute atomic E-state index is 0.0371.